The number of rotatable bonds is 8. The van der Waals surface area contributed by atoms with Gasteiger partial charge in [-0.1, -0.05) is 42.1 Å². The van der Waals surface area contributed by atoms with Gasteiger partial charge in [0.1, 0.15) is 24.4 Å². The van der Waals surface area contributed by atoms with Crippen LogP contribution in [0.15, 0.2) is 66.1 Å². The molecule has 1 unspecified atom stereocenters. The van der Waals surface area contributed by atoms with Gasteiger partial charge in [0, 0.05) is 5.75 Å². The van der Waals surface area contributed by atoms with Gasteiger partial charge >= 0.3 is 0 Å². The van der Waals surface area contributed by atoms with E-state index in [2.05, 4.69) is 10.2 Å². The SMILES string of the molecule is COc1ccccc1-n1cnnc1SCC(O)COc1ccccc1. The number of thioether (sulfide) groups is 1. The number of hydrogen-bond acceptors (Lipinski definition) is 6. The summed E-state index contributed by atoms with van der Waals surface area (Å²) in [6.07, 6.45) is 1.01. The fourth-order valence-corrected chi connectivity index (χ4v) is 3.07. The summed E-state index contributed by atoms with van der Waals surface area (Å²) in [5.41, 5.74) is 0.854. The summed E-state index contributed by atoms with van der Waals surface area (Å²) in [6, 6.07) is 17.1. The lowest BCUT2D eigenvalue weighted by molar-refractivity contribution is 0.126. The van der Waals surface area contributed by atoms with Gasteiger partial charge in [-0.05, 0) is 24.3 Å². The van der Waals surface area contributed by atoms with Gasteiger partial charge in [-0.15, -0.1) is 10.2 Å². The van der Waals surface area contributed by atoms with Crippen molar-refractivity contribution in [2.45, 2.75) is 11.3 Å². The fraction of sp³-hybridized carbons (Fsp3) is 0.222. The molecule has 0 saturated carbocycles. The molecule has 0 spiro atoms. The Morgan fingerprint density at radius 2 is 1.88 bits per heavy atom. The molecule has 0 aliphatic rings. The summed E-state index contributed by atoms with van der Waals surface area (Å²) in [4.78, 5) is 0. The van der Waals surface area contributed by atoms with Crippen LogP contribution in [0, 0.1) is 0 Å². The molecular weight excluding hydrogens is 338 g/mol. The highest BCUT2D eigenvalue weighted by atomic mass is 32.2. The molecule has 130 valence electrons. The molecule has 1 heterocycles. The Kier molecular flexibility index (Phi) is 5.92. The van der Waals surface area contributed by atoms with E-state index in [-0.39, 0.29) is 6.61 Å². The fourth-order valence-electron chi connectivity index (χ4n) is 2.24. The highest BCUT2D eigenvalue weighted by Crippen LogP contribution is 2.26. The minimum absolute atomic E-state index is 0.222. The molecule has 0 saturated heterocycles. The van der Waals surface area contributed by atoms with Crippen molar-refractivity contribution in [3.05, 3.63) is 60.9 Å². The average Bonchev–Trinajstić information content (AvgIpc) is 3.14. The second kappa shape index (κ2) is 8.55. The van der Waals surface area contributed by atoms with Crippen molar-refractivity contribution >= 4 is 11.8 Å². The van der Waals surface area contributed by atoms with Crippen LogP contribution in [0.2, 0.25) is 0 Å². The van der Waals surface area contributed by atoms with Gasteiger partial charge in [-0.2, -0.15) is 0 Å². The van der Waals surface area contributed by atoms with E-state index < -0.39 is 6.10 Å². The monoisotopic (exact) mass is 357 g/mol. The third kappa shape index (κ3) is 4.52. The van der Waals surface area contributed by atoms with Crippen LogP contribution >= 0.6 is 11.8 Å². The van der Waals surface area contributed by atoms with Crippen molar-refractivity contribution < 1.29 is 14.6 Å². The van der Waals surface area contributed by atoms with Crippen LogP contribution in [-0.2, 0) is 0 Å². The zero-order valence-electron chi connectivity index (χ0n) is 13.8. The van der Waals surface area contributed by atoms with E-state index in [1.54, 1.807) is 13.4 Å². The maximum atomic E-state index is 10.1. The number of methoxy groups -OCH3 is 1. The first kappa shape index (κ1) is 17.3. The van der Waals surface area contributed by atoms with E-state index in [0.717, 1.165) is 17.2 Å². The molecule has 0 amide bonds. The molecule has 1 N–H and O–H groups in total. The first-order chi connectivity index (χ1) is 12.3. The zero-order valence-corrected chi connectivity index (χ0v) is 14.6. The van der Waals surface area contributed by atoms with Crippen LogP contribution in [0.3, 0.4) is 0 Å². The minimum atomic E-state index is -0.618. The Morgan fingerprint density at radius 3 is 2.68 bits per heavy atom. The molecule has 6 nitrogen and oxygen atoms in total. The Balaban J connectivity index is 1.60. The van der Waals surface area contributed by atoms with Gasteiger partial charge in [0.25, 0.3) is 0 Å². The molecule has 0 fully saturated rings. The molecule has 0 aliphatic heterocycles. The Labute approximate surface area is 150 Å². The molecule has 0 radical (unpaired) electrons. The summed E-state index contributed by atoms with van der Waals surface area (Å²) < 4.78 is 12.8. The molecule has 7 heteroatoms. The highest BCUT2D eigenvalue weighted by molar-refractivity contribution is 7.99. The largest absolute Gasteiger partial charge is 0.495 e. The molecule has 0 aliphatic carbocycles. The van der Waals surface area contributed by atoms with Crippen molar-refractivity contribution in [2.24, 2.45) is 0 Å². The number of benzene rings is 2. The second-order valence-electron chi connectivity index (χ2n) is 5.24. The molecular formula is C18H19N3O3S. The van der Waals surface area contributed by atoms with E-state index in [1.165, 1.54) is 11.8 Å². The predicted molar refractivity (Wildman–Crippen MR) is 96.6 cm³/mol. The maximum Gasteiger partial charge on any atom is 0.195 e. The number of aromatic nitrogens is 3. The summed E-state index contributed by atoms with van der Waals surface area (Å²) in [7, 11) is 1.63. The lowest BCUT2D eigenvalue weighted by atomic mass is 10.3. The third-order valence-corrected chi connectivity index (χ3v) is 4.54. The Morgan fingerprint density at radius 1 is 1.12 bits per heavy atom. The molecule has 3 rings (SSSR count). The lowest BCUT2D eigenvalue weighted by Gasteiger charge is -2.13. The van der Waals surface area contributed by atoms with Crippen molar-refractivity contribution in [3.8, 4) is 17.2 Å². The Bertz CT molecular complexity index is 795. The molecule has 3 aromatic rings. The van der Waals surface area contributed by atoms with Crippen LogP contribution in [0.1, 0.15) is 0 Å². The quantitative estimate of drug-likeness (QED) is 0.625. The Hall–Kier alpha value is -2.51. The van der Waals surface area contributed by atoms with Gasteiger partial charge in [0.2, 0.25) is 0 Å². The molecule has 25 heavy (non-hydrogen) atoms. The third-order valence-electron chi connectivity index (χ3n) is 3.45. The van der Waals surface area contributed by atoms with Crippen LogP contribution < -0.4 is 9.47 Å². The van der Waals surface area contributed by atoms with Gasteiger partial charge < -0.3 is 14.6 Å². The van der Waals surface area contributed by atoms with Gasteiger partial charge in [-0.3, -0.25) is 4.57 Å². The summed E-state index contributed by atoms with van der Waals surface area (Å²) >= 11 is 1.41. The topological polar surface area (TPSA) is 69.4 Å². The minimum Gasteiger partial charge on any atom is -0.495 e. The van der Waals surface area contributed by atoms with Crippen molar-refractivity contribution in [2.75, 3.05) is 19.5 Å². The summed E-state index contributed by atoms with van der Waals surface area (Å²) in [5.74, 6) is 1.92. The number of aliphatic hydroxyl groups excluding tert-OH is 1. The first-order valence-electron chi connectivity index (χ1n) is 7.80. The molecule has 0 bridgehead atoms. The van der Waals surface area contributed by atoms with E-state index in [9.17, 15) is 5.11 Å². The lowest BCUT2D eigenvalue weighted by Crippen LogP contribution is -2.20. The van der Waals surface area contributed by atoms with Crippen molar-refractivity contribution in [3.63, 3.8) is 0 Å². The molecule has 1 aromatic heterocycles. The summed E-state index contributed by atoms with van der Waals surface area (Å²) in [6.45, 7) is 0.222. The van der Waals surface area contributed by atoms with Crippen LogP contribution in [0.4, 0.5) is 0 Å². The van der Waals surface area contributed by atoms with E-state index in [4.69, 9.17) is 9.47 Å². The van der Waals surface area contributed by atoms with Crippen molar-refractivity contribution in [1.29, 1.82) is 0 Å². The first-order valence-corrected chi connectivity index (χ1v) is 8.78. The summed E-state index contributed by atoms with van der Waals surface area (Å²) in [5, 5.41) is 18.9. The van der Waals surface area contributed by atoms with E-state index in [1.807, 2.05) is 59.2 Å². The number of para-hydroxylation sites is 3. The average molecular weight is 357 g/mol. The number of ether oxygens (including phenoxy) is 2. The van der Waals surface area contributed by atoms with E-state index >= 15 is 0 Å². The number of nitrogens with zero attached hydrogens (tertiary/aromatic N) is 3. The normalized spacial score (nSPS) is 11.9. The second-order valence-corrected chi connectivity index (χ2v) is 6.23. The molecule has 2 aromatic carbocycles. The van der Waals surface area contributed by atoms with Crippen LogP contribution in [0.25, 0.3) is 5.69 Å². The maximum absolute atomic E-state index is 10.1. The molecule has 1 atom stereocenters. The van der Waals surface area contributed by atoms with Crippen LogP contribution in [-0.4, -0.2) is 45.4 Å². The number of aliphatic hydroxyl groups is 1. The smallest absolute Gasteiger partial charge is 0.195 e. The standard InChI is InChI=1S/C18H19N3O3S/c1-23-17-10-6-5-9-16(17)21-13-19-20-18(21)25-12-14(22)11-24-15-7-3-2-4-8-15/h2-10,13-14,22H,11-12H2,1H3. The van der Waals surface area contributed by atoms with E-state index in [0.29, 0.717) is 10.9 Å². The number of hydrogen-bond donors (Lipinski definition) is 1. The van der Waals surface area contributed by atoms with Gasteiger partial charge in [0.15, 0.2) is 5.16 Å². The zero-order chi connectivity index (χ0) is 17.5. The van der Waals surface area contributed by atoms with Crippen LogP contribution in [0.5, 0.6) is 11.5 Å². The van der Waals surface area contributed by atoms with Crippen molar-refractivity contribution in [1.82, 2.24) is 14.8 Å². The predicted octanol–water partition coefficient (Wildman–Crippen LogP) is 2.81. The van der Waals surface area contributed by atoms with Gasteiger partial charge in [-0.25, -0.2) is 0 Å². The highest BCUT2D eigenvalue weighted by Gasteiger charge is 2.13. The van der Waals surface area contributed by atoms with Gasteiger partial charge in [0.05, 0.1) is 18.9 Å².